The van der Waals surface area contributed by atoms with Gasteiger partial charge in [0, 0.05) is 36.8 Å². The number of benzene rings is 3. The van der Waals surface area contributed by atoms with Gasteiger partial charge >= 0.3 is 0 Å². The van der Waals surface area contributed by atoms with Crippen molar-refractivity contribution in [2.24, 2.45) is 0 Å². The highest BCUT2D eigenvalue weighted by molar-refractivity contribution is 7.92. The van der Waals surface area contributed by atoms with Crippen molar-refractivity contribution >= 4 is 27.5 Å². The lowest BCUT2D eigenvalue weighted by Gasteiger charge is -2.22. The maximum Gasteiger partial charge on any atom is 0.251 e. The summed E-state index contributed by atoms with van der Waals surface area (Å²) < 4.78 is 30.9. The standard InChI is InChI=1S/C32H40N4O6S/c1-21(23-10-6-5-7-11-23)34-32(39)25-17-24(18-27(19-25)36(2)43(4,40)41)31(38)33-20-30(37)29-14-13-26(35-29)15-22-9-8-12-28(16-22)42-3/h5-12,16-19,21,26,29-30,35,37H,13-15,20H2,1-4H3,(H,33,38)(H,34,39). The molecular weight excluding hydrogens is 568 g/mol. The number of ether oxygens (including phenoxy) is 1. The molecule has 0 spiro atoms. The minimum absolute atomic E-state index is 0.0128. The molecule has 2 amide bonds. The predicted molar refractivity (Wildman–Crippen MR) is 167 cm³/mol. The first kappa shape index (κ1) is 32.0. The summed E-state index contributed by atoms with van der Waals surface area (Å²) in [6.07, 6.45) is 2.64. The zero-order valence-corrected chi connectivity index (χ0v) is 25.7. The van der Waals surface area contributed by atoms with Gasteiger partial charge in [0.1, 0.15) is 5.75 Å². The molecule has 43 heavy (non-hydrogen) atoms. The number of hydrogen-bond acceptors (Lipinski definition) is 7. The van der Waals surface area contributed by atoms with Crippen LogP contribution in [0.15, 0.2) is 72.8 Å². The molecule has 0 aliphatic carbocycles. The number of sulfonamides is 1. The lowest BCUT2D eigenvalue weighted by Crippen LogP contribution is -2.45. The maximum absolute atomic E-state index is 13.2. The fourth-order valence-corrected chi connectivity index (χ4v) is 5.68. The first-order valence-electron chi connectivity index (χ1n) is 14.2. The minimum atomic E-state index is -3.66. The highest BCUT2D eigenvalue weighted by atomic mass is 32.2. The van der Waals surface area contributed by atoms with Gasteiger partial charge in [0.05, 0.1) is 31.2 Å². The molecule has 230 valence electrons. The number of amides is 2. The quantitative estimate of drug-likeness (QED) is 0.248. The van der Waals surface area contributed by atoms with E-state index < -0.39 is 27.9 Å². The van der Waals surface area contributed by atoms with Gasteiger partial charge in [0.15, 0.2) is 0 Å². The van der Waals surface area contributed by atoms with Crippen molar-refractivity contribution < 1.29 is 27.9 Å². The molecule has 4 N–H and O–H groups in total. The normalized spacial score (nSPS) is 18.0. The molecule has 10 nitrogen and oxygen atoms in total. The molecule has 0 saturated carbocycles. The van der Waals surface area contributed by atoms with Gasteiger partial charge < -0.3 is 25.8 Å². The second-order valence-electron chi connectivity index (χ2n) is 11.0. The van der Waals surface area contributed by atoms with Crippen LogP contribution in [0.4, 0.5) is 5.69 Å². The van der Waals surface area contributed by atoms with Crippen LogP contribution in [0, 0.1) is 0 Å². The number of anilines is 1. The number of rotatable bonds is 12. The van der Waals surface area contributed by atoms with Gasteiger partial charge in [-0.05, 0) is 67.6 Å². The monoisotopic (exact) mass is 608 g/mol. The summed E-state index contributed by atoms with van der Waals surface area (Å²) >= 11 is 0. The Bertz CT molecular complexity index is 1530. The Kier molecular flexibility index (Phi) is 10.4. The van der Waals surface area contributed by atoms with Crippen LogP contribution < -0.4 is 25.0 Å². The topological polar surface area (TPSA) is 137 Å². The van der Waals surface area contributed by atoms with Crippen LogP contribution in [-0.2, 0) is 16.4 Å². The summed E-state index contributed by atoms with van der Waals surface area (Å²) in [6, 6.07) is 21.3. The molecule has 1 saturated heterocycles. The summed E-state index contributed by atoms with van der Waals surface area (Å²) in [4.78, 5) is 26.4. The Balaban J connectivity index is 1.42. The molecule has 0 radical (unpaired) electrons. The Hall–Kier alpha value is -3.93. The van der Waals surface area contributed by atoms with Crippen LogP contribution in [0.2, 0.25) is 0 Å². The van der Waals surface area contributed by atoms with Gasteiger partial charge in [-0.15, -0.1) is 0 Å². The Morgan fingerprint density at radius 2 is 1.72 bits per heavy atom. The number of nitrogens with one attached hydrogen (secondary N) is 3. The van der Waals surface area contributed by atoms with Crippen molar-refractivity contribution in [2.45, 2.75) is 50.4 Å². The van der Waals surface area contributed by atoms with Crippen LogP contribution in [0.1, 0.15) is 57.7 Å². The number of methoxy groups -OCH3 is 1. The summed E-state index contributed by atoms with van der Waals surface area (Å²) in [5.74, 6) is -0.182. The molecule has 1 fully saturated rings. The van der Waals surface area contributed by atoms with E-state index in [1.54, 1.807) is 7.11 Å². The van der Waals surface area contributed by atoms with E-state index in [9.17, 15) is 23.1 Å². The zero-order chi connectivity index (χ0) is 31.1. The molecule has 3 aromatic rings. The van der Waals surface area contributed by atoms with Gasteiger partial charge in [-0.25, -0.2) is 8.42 Å². The first-order valence-corrected chi connectivity index (χ1v) is 16.1. The van der Waals surface area contributed by atoms with E-state index in [0.717, 1.165) is 46.7 Å². The molecule has 0 bridgehead atoms. The van der Waals surface area contributed by atoms with Crippen LogP contribution >= 0.6 is 0 Å². The van der Waals surface area contributed by atoms with Gasteiger partial charge in [0.25, 0.3) is 11.8 Å². The number of aliphatic hydroxyl groups is 1. The molecule has 1 aliphatic rings. The maximum atomic E-state index is 13.2. The Labute approximate surface area is 253 Å². The van der Waals surface area contributed by atoms with E-state index in [4.69, 9.17) is 4.74 Å². The van der Waals surface area contributed by atoms with E-state index in [1.807, 2.05) is 61.5 Å². The van der Waals surface area contributed by atoms with Crippen LogP contribution in [-0.4, -0.2) is 70.5 Å². The Morgan fingerprint density at radius 3 is 2.40 bits per heavy atom. The number of carbonyl (C=O) groups is 2. The van der Waals surface area contributed by atoms with Crippen molar-refractivity contribution in [3.05, 3.63) is 95.1 Å². The third-order valence-electron chi connectivity index (χ3n) is 7.78. The molecule has 4 atom stereocenters. The lowest BCUT2D eigenvalue weighted by molar-refractivity contribution is 0.0885. The van der Waals surface area contributed by atoms with Gasteiger partial charge in [0.2, 0.25) is 10.0 Å². The van der Waals surface area contributed by atoms with E-state index in [0.29, 0.717) is 0 Å². The number of aliphatic hydroxyl groups excluding tert-OH is 1. The summed E-state index contributed by atoms with van der Waals surface area (Å²) in [5, 5.41) is 20.0. The number of hydrogen-bond donors (Lipinski definition) is 4. The lowest BCUT2D eigenvalue weighted by atomic mass is 10.0. The van der Waals surface area contributed by atoms with Gasteiger partial charge in [-0.1, -0.05) is 42.5 Å². The van der Waals surface area contributed by atoms with E-state index >= 15 is 0 Å². The number of nitrogens with zero attached hydrogens (tertiary/aromatic N) is 1. The third kappa shape index (κ3) is 8.56. The van der Waals surface area contributed by atoms with E-state index in [-0.39, 0.29) is 41.5 Å². The van der Waals surface area contributed by atoms with E-state index in [2.05, 4.69) is 16.0 Å². The summed E-state index contributed by atoms with van der Waals surface area (Å²) in [7, 11) is -0.667. The van der Waals surface area contributed by atoms with Gasteiger partial charge in [-0.3, -0.25) is 13.9 Å². The van der Waals surface area contributed by atoms with Gasteiger partial charge in [-0.2, -0.15) is 0 Å². The molecule has 4 unspecified atom stereocenters. The van der Waals surface area contributed by atoms with Crippen molar-refractivity contribution in [1.82, 2.24) is 16.0 Å². The van der Waals surface area contributed by atoms with Crippen LogP contribution in [0.3, 0.4) is 0 Å². The third-order valence-corrected chi connectivity index (χ3v) is 8.98. The molecule has 1 heterocycles. The molecule has 1 aliphatic heterocycles. The van der Waals surface area contributed by atoms with Crippen molar-refractivity contribution in [2.75, 3.05) is 31.3 Å². The zero-order valence-electron chi connectivity index (χ0n) is 24.9. The van der Waals surface area contributed by atoms with E-state index in [1.165, 1.54) is 25.2 Å². The molecule has 4 rings (SSSR count). The highest BCUT2D eigenvalue weighted by Crippen LogP contribution is 2.23. The minimum Gasteiger partial charge on any atom is -0.497 e. The number of carbonyl (C=O) groups excluding carboxylic acids is 2. The predicted octanol–water partition coefficient (Wildman–Crippen LogP) is 3.04. The first-order chi connectivity index (χ1) is 20.4. The molecule has 0 aromatic heterocycles. The fraction of sp³-hybridized carbons (Fsp3) is 0.375. The van der Waals surface area contributed by atoms with Crippen LogP contribution in [0.25, 0.3) is 0 Å². The second-order valence-corrected chi connectivity index (χ2v) is 13.0. The second kappa shape index (κ2) is 14.0. The smallest absolute Gasteiger partial charge is 0.251 e. The average Bonchev–Trinajstić information content (AvgIpc) is 3.47. The highest BCUT2D eigenvalue weighted by Gasteiger charge is 2.29. The summed E-state index contributed by atoms with van der Waals surface area (Å²) in [6.45, 7) is 1.83. The Morgan fingerprint density at radius 1 is 1.02 bits per heavy atom. The SMILES string of the molecule is COc1cccc(CC2CCC(C(O)CNC(=O)c3cc(C(=O)NC(C)c4ccccc4)cc(N(C)S(C)(=O)=O)c3)N2)c1. The molecular formula is C32H40N4O6S. The van der Waals surface area contributed by atoms with Crippen molar-refractivity contribution in [3.8, 4) is 5.75 Å². The fourth-order valence-electron chi connectivity index (χ4n) is 5.19. The van der Waals surface area contributed by atoms with Crippen molar-refractivity contribution in [1.29, 1.82) is 0 Å². The molecule has 3 aromatic carbocycles. The summed E-state index contributed by atoms with van der Waals surface area (Å²) in [5.41, 5.74) is 2.45. The van der Waals surface area contributed by atoms with Crippen LogP contribution in [0.5, 0.6) is 5.75 Å². The average molecular weight is 609 g/mol. The van der Waals surface area contributed by atoms with Crippen molar-refractivity contribution in [3.63, 3.8) is 0 Å². The molecule has 11 heteroatoms. The largest absolute Gasteiger partial charge is 0.497 e.